The van der Waals surface area contributed by atoms with Crippen molar-refractivity contribution in [2.45, 2.75) is 17.4 Å². The van der Waals surface area contributed by atoms with Crippen LogP contribution in [0.2, 0.25) is 0 Å². The van der Waals surface area contributed by atoms with Gasteiger partial charge in [0, 0.05) is 13.1 Å². The van der Waals surface area contributed by atoms with Crippen molar-refractivity contribution in [1.29, 1.82) is 0 Å². The van der Waals surface area contributed by atoms with Crippen LogP contribution in [-0.2, 0) is 26.9 Å². The molecule has 1 aromatic carbocycles. The minimum absolute atomic E-state index is 0.0184. The molecule has 1 N–H and O–H groups in total. The van der Waals surface area contributed by atoms with Gasteiger partial charge in [-0.3, -0.25) is 4.57 Å². The summed E-state index contributed by atoms with van der Waals surface area (Å²) in [5, 5.41) is 0. The highest BCUT2D eigenvalue weighted by atomic mass is 32.2. The van der Waals surface area contributed by atoms with Crippen molar-refractivity contribution in [3.05, 3.63) is 28.7 Å². The summed E-state index contributed by atoms with van der Waals surface area (Å²) in [6, 6.07) is 3.42. The molecule has 8 nitrogen and oxygen atoms in total. The highest BCUT2D eigenvalue weighted by Crippen LogP contribution is 2.20. The third kappa shape index (κ3) is 2.69. The zero-order valence-corrected chi connectivity index (χ0v) is 13.3. The Bertz CT molecular complexity index is 1000. The first-order chi connectivity index (χ1) is 10.2. The van der Waals surface area contributed by atoms with Crippen LogP contribution in [-0.4, -0.2) is 39.0 Å². The summed E-state index contributed by atoms with van der Waals surface area (Å²) in [5.74, 6) is -0.798. The number of benzene rings is 1. The van der Waals surface area contributed by atoms with Crippen molar-refractivity contribution in [2.24, 2.45) is 7.05 Å². The van der Waals surface area contributed by atoms with E-state index in [0.29, 0.717) is 5.52 Å². The van der Waals surface area contributed by atoms with Crippen LogP contribution in [0.3, 0.4) is 0 Å². The second kappa shape index (κ2) is 4.93. The fourth-order valence-corrected chi connectivity index (χ4v) is 5.52. The molecule has 0 bridgehead atoms. The molecule has 1 saturated heterocycles. The van der Waals surface area contributed by atoms with E-state index in [9.17, 15) is 21.6 Å². The molecule has 3 rings (SSSR count). The van der Waals surface area contributed by atoms with Crippen molar-refractivity contribution in [2.75, 3.05) is 11.5 Å². The Hall–Kier alpha value is -1.65. The van der Waals surface area contributed by atoms with Gasteiger partial charge in [-0.05, 0) is 24.6 Å². The lowest BCUT2D eigenvalue weighted by atomic mass is 10.3. The molecule has 120 valence electrons. The summed E-state index contributed by atoms with van der Waals surface area (Å²) < 4.78 is 56.0. The number of fused-ring (bicyclic) bond motifs is 1. The predicted octanol–water partition coefficient (Wildman–Crippen LogP) is -0.403. The Morgan fingerprint density at radius 2 is 2.09 bits per heavy atom. The van der Waals surface area contributed by atoms with Gasteiger partial charge in [0.25, 0.3) is 0 Å². The van der Waals surface area contributed by atoms with E-state index in [4.69, 9.17) is 4.42 Å². The van der Waals surface area contributed by atoms with E-state index >= 15 is 0 Å². The number of oxazole rings is 1. The Morgan fingerprint density at radius 1 is 1.36 bits per heavy atom. The van der Waals surface area contributed by atoms with E-state index in [1.165, 1.54) is 29.8 Å². The summed E-state index contributed by atoms with van der Waals surface area (Å²) in [6.45, 7) is 0. The number of nitrogens with zero attached hydrogens (tertiary/aromatic N) is 1. The van der Waals surface area contributed by atoms with Crippen LogP contribution in [0, 0.1) is 0 Å². The first kappa shape index (κ1) is 15.3. The van der Waals surface area contributed by atoms with Crippen LogP contribution in [0.25, 0.3) is 11.1 Å². The number of rotatable bonds is 3. The van der Waals surface area contributed by atoms with Crippen LogP contribution in [0.5, 0.6) is 0 Å². The molecule has 1 aromatic heterocycles. The van der Waals surface area contributed by atoms with Crippen molar-refractivity contribution < 1.29 is 21.3 Å². The zero-order valence-electron chi connectivity index (χ0n) is 11.6. The van der Waals surface area contributed by atoms with Gasteiger partial charge < -0.3 is 4.42 Å². The van der Waals surface area contributed by atoms with Gasteiger partial charge in [0.15, 0.2) is 15.4 Å². The maximum absolute atomic E-state index is 12.3. The molecule has 1 fully saturated rings. The Labute approximate surface area is 126 Å². The number of hydrogen-bond acceptors (Lipinski definition) is 6. The average molecular weight is 346 g/mol. The van der Waals surface area contributed by atoms with Crippen molar-refractivity contribution in [1.82, 2.24) is 9.29 Å². The fourth-order valence-electron chi connectivity index (χ4n) is 2.45. The quantitative estimate of drug-likeness (QED) is 0.808. The molecular weight excluding hydrogens is 332 g/mol. The zero-order chi connectivity index (χ0) is 16.1. The summed E-state index contributed by atoms with van der Waals surface area (Å²) in [7, 11) is -5.57. The van der Waals surface area contributed by atoms with Crippen LogP contribution < -0.4 is 10.5 Å². The number of nitrogens with one attached hydrogen (secondary N) is 1. The largest absolute Gasteiger partial charge is 0.419 e. The smallest absolute Gasteiger partial charge is 0.408 e. The summed E-state index contributed by atoms with van der Waals surface area (Å²) in [5.41, 5.74) is 0.641. The highest BCUT2D eigenvalue weighted by Gasteiger charge is 2.31. The SMILES string of the molecule is Cn1c(=O)oc2ccc(S(=O)(=O)NC3CCS(=O)(=O)C3)cc21. The van der Waals surface area contributed by atoms with Gasteiger partial charge in [0.05, 0.1) is 21.9 Å². The maximum atomic E-state index is 12.3. The number of sulfonamides is 1. The lowest BCUT2D eigenvalue weighted by molar-refractivity contribution is 0.528. The van der Waals surface area contributed by atoms with E-state index in [1.807, 2.05) is 0 Å². The molecule has 2 aromatic rings. The van der Waals surface area contributed by atoms with E-state index in [-0.39, 0.29) is 28.4 Å². The van der Waals surface area contributed by atoms with Crippen molar-refractivity contribution >= 4 is 31.0 Å². The molecule has 2 heterocycles. The molecule has 0 radical (unpaired) electrons. The fraction of sp³-hybridized carbons (Fsp3) is 0.417. The van der Waals surface area contributed by atoms with Gasteiger partial charge in [-0.2, -0.15) is 0 Å². The molecular formula is C12H14N2O6S2. The van der Waals surface area contributed by atoms with E-state index in [2.05, 4.69) is 4.72 Å². The lowest BCUT2D eigenvalue weighted by Gasteiger charge is -2.11. The molecule has 0 spiro atoms. The first-order valence-electron chi connectivity index (χ1n) is 6.50. The third-order valence-corrected chi connectivity index (χ3v) is 6.91. The molecule has 22 heavy (non-hydrogen) atoms. The lowest BCUT2D eigenvalue weighted by Crippen LogP contribution is -2.35. The molecule has 1 unspecified atom stereocenters. The summed E-state index contributed by atoms with van der Waals surface area (Å²) in [4.78, 5) is 11.4. The molecule has 10 heteroatoms. The van der Waals surface area contributed by atoms with Gasteiger partial charge in [0.2, 0.25) is 10.0 Å². The van der Waals surface area contributed by atoms with Gasteiger partial charge in [-0.25, -0.2) is 26.4 Å². The monoisotopic (exact) mass is 346 g/mol. The van der Waals surface area contributed by atoms with Gasteiger partial charge >= 0.3 is 5.76 Å². The predicted molar refractivity (Wildman–Crippen MR) is 78.8 cm³/mol. The van der Waals surface area contributed by atoms with Crippen molar-refractivity contribution in [3.8, 4) is 0 Å². The van der Waals surface area contributed by atoms with Crippen LogP contribution >= 0.6 is 0 Å². The third-order valence-electron chi connectivity index (χ3n) is 3.63. The van der Waals surface area contributed by atoms with E-state index in [1.54, 1.807) is 0 Å². The first-order valence-corrected chi connectivity index (χ1v) is 9.81. The molecule has 1 aliphatic heterocycles. The Kier molecular flexibility index (Phi) is 3.42. The van der Waals surface area contributed by atoms with Crippen LogP contribution in [0.1, 0.15) is 6.42 Å². The number of sulfone groups is 1. The Morgan fingerprint density at radius 3 is 2.73 bits per heavy atom. The normalized spacial score (nSPS) is 21.4. The molecule has 1 atom stereocenters. The van der Waals surface area contributed by atoms with Gasteiger partial charge in [-0.15, -0.1) is 0 Å². The van der Waals surface area contributed by atoms with E-state index < -0.39 is 31.7 Å². The number of hydrogen-bond donors (Lipinski definition) is 1. The van der Waals surface area contributed by atoms with Gasteiger partial charge in [0.1, 0.15) is 0 Å². The second-order valence-electron chi connectivity index (χ2n) is 5.28. The molecule has 0 aliphatic carbocycles. The molecule has 1 aliphatic rings. The average Bonchev–Trinajstić information content (AvgIpc) is 2.89. The standard InChI is InChI=1S/C12H14N2O6S2/c1-14-10-6-9(2-3-11(10)20-12(14)15)22(18,19)13-8-4-5-21(16,17)7-8/h2-3,6,8,13H,4-5,7H2,1H3. The van der Waals surface area contributed by atoms with E-state index in [0.717, 1.165) is 0 Å². The van der Waals surface area contributed by atoms with Gasteiger partial charge in [-0.1, -0.05) is 0 Å². The summed E-state index contributed by atoms with van der Waals surface area (Å²) in [6.07, 6.45) is 0.258. The number of aryl methyl sites for hydroxylation is 1. The maximum Gasteiger partial charge on any atom is 0.419 e. The van der Waals surface area contributed by atoms with Crippen LogP contribution in [0.4, 0.5) is 0 Å². The van der Waals surface area contributed by atoms with Crippen LogP contribution in [0.15, 0.2) is 32.3 Å². The second-order valence-corrected chi connectivity index (χ2v) is 9.22. The minimum Gasteiger partial charge on any atom is -0.408 e. The Balaban J connectivity index is 1.95. The minimum atomic E-state index is -3.86. The highest BCUT2D eigenvalue weighted by molar-refractivity contribution is 7.92. The number of aromatic nitrogens is 1. The topological polar surface area (TPSA) is 115 Å². The summed E-state index contributed by atoms with van der Waals surface area (Å²) >= 11 is 0. The molecule has 0 amide bonds. The van der Waals surface area contributed by atoms with Crippen molar-refractivity contribution in [3.63, 3.8) is 0 Å². The molecule has 0 saturated carbocycles.